The van der Waals surface area contributed by atoms with Crippen LogP contribution in [-0.2, 0) is 0 Å². The molecule has 1 aromatic carbocycles. The summed E-state index contributed by atoms with van der Waals surface area (Å²) in [5, 5.41) is 3.61. The van der Waals surface area contributed by atoms with Crippen molar-refractivity contribution >= 4 is 11.4 Å². The van der Waals surface area contributed by atoms with Crippen molar-refractivity contribution in [2.45, 2.75) is 46.1 Å². The predicted octanol–water partition coefficient (Wildman–Crippen LogP) is 3.72. The van der Waals surface area contributed by atoms with Gasteiger partial charge >= 0.3 is 0 Å². The zero-order valence-electron chi connectivity index (χ0n) is 11.8. The molecule has 0 aromatic heterocycles. The van der Waals surface area contributed by atoms with Gasteiger partial charge in [0.2, 0.25) is 0 Å². The molecule has 98 valence electrons. The fourth-order valence-electron chi connectivity index (χ4n) is 2.91. The summed E-state index contributed by atoms with van der Waals surface area (Å²) in [5.41, 5.74) is 5.57. The lowest BCUT2D eigenvalue weighted by molar-refractivity contribution is 0.563. The van der Waals surface area contributed by atoms with Crippen molar-refractivity contribution in [1.82, 2.24) is 0 Å². The molecule has 1 fully saturated rings. The van der Waals surface area contributed by atoms with Crippen LogP contribution in [0.3, 0.4) is 0 Å². The van der Waals surface area contributed by atoms with Crippen LogP contribution in [0.2, 0.25) is 0 Å². The summed E-state index contributed by atoms with van der Waals surface area (Å²) in [7, 11) is 0. The van der Waals surface area contributed by atoms with Gasteiger partial charge in [0.25, 0.3) is 0 Å². The summed E-state index contributed by atoms with van der Waals surface area (Å²) in [6, 6.07) is 5.36. The molecule has 1 N–H and O–H groups in total. The second kappa shape index (κ2) is 4.49. The third-order valence-corrected chi connectivity index (χ3v) is 4.51. The fraction of sp³-hybridized carbons (Fsp3) is 0.625. The Morgan fingerprint density at radius 3 is 2.61 bits per heavy atom. The number of rotatable bonds is 3. The van der Waals surface area contributed by atoms with Crippen LogP contribution in [0.15, 0.2) is 12.1 Å². The minimum Gasteiger partial charge on any atom is -0.381 e. The van der Waals surface area contributed by atoms with Crippen LogP contribution in [0.5, 0.6) is 0 Å². The fourth-order valence-corrected chi connectivity index (χ4v) is 2.91. The van der Waals surface area contributed by atoms with Crippen molar-refractivity contribution < 1.29 is 0 Å². The molecule has 1 heterocycles. The smallest absolute Gasteiger partial charge is 0.0608 e. The zero-order chi connectivity index (χ0) is 12.7. The monoisotopic (exact) mass is 244 g/mol. The first-order chi connectivity index (χ1) is 8.69. The number of hydrogen-bond donors (Lipinski definition) is 1. The highest BCUT2D eigenvalue weighted by Gasteiger charge is 2.31. The summed E-state index contributed by atoms with van der Waals surface area (Å²) in [4.78, 5) is 2.66. The first-order valence-corrected chi connectivity index (χ1v) is 7.30. The van der Waals surface area contributed by atoms with Crippen molar-refractivity contribution in [3.05, 3.63) is 23.3 Å². The molecular formula is C16H24N2. The Bertz CT molecular complexity index is 449. The molecule has 3 rings (SSSR count). The molecule has 1 unspecified atom stereocenters. The Morgan fingerprint density at radius 1 is 1.22 bits per heavy atom. The first kappa shape index (κ1) is 11.9. The van der Waals surface area contributed by atoms with E-state index in [1.165, 1.54) is 48.3 Å². The lowest BCUT2D eigenvalue weighted by atomic mass is 10.0. The molecule has 2 nitrogen and oxygen atoms in total. The highest BCUT2D eigenvalue weighted by atomic mass is 15.2. The van der Waals surface area contributed by atoms with Gasteiger partial charge in [0.15, 0.2) is 0 Å². The topological polar surface area (TPSA) is 15.3 Å². The number of anilines is 2. The molecule has 1 atom stereocenters. The van der Waals surface area contributed by atoms with Crippen molar-refractivity contribution in [3.8, 4) is 0 Å². The van der Waals surface area contributed by atoms with Crippen LogP contribution in [0.25, 0.3) is 0 Å². The molecule has 1 saturated carbocycles. The van der Waals surface area contributed by atoms with E-state index in [9.17, 15) is 0 Å². The van der Waals surface area contributed by atoms with Gasteiger partial charge in [0.1, 0.15) is 0 Å². The van der Waals surface area contributed by atoms with E-state index in [1.54, 1.807) is 0 Å². The van der Waals surface area contributed by atoms with Crippen molar-refractivity contribution in [3.63, 3.8) is 0 Å². The van der Waals surface area contributed by atoms with E-state index in [1.807, 2.05) is 0 Å². The van der Waals surface area contributed by atoms with Gasteiger partial charge < -0.3 is 10.2 Å². The maximum absolute atomic E-state index is 3.61. The normalized spacial score (nSPS) is 22.6. The summed E-state index contributed by atoms with van der Waals surface area (Å²) in [6.45, 7) is 9.08. The minimum absolute atomic E-state index is 0.667. The largest absolute Gasteiger partial charge is 0.381 e. The Kier molecular flexibility index (Phi) is 2.96. The Labute approximate surface area is 110 Å². The molecule has 18 heavy (non-hydrogen) atoms. The molecule has 2 aliphatic rings. The maximum atomic E-state index is 3.61. The highest BCUT2D eigenvalue weighted by Crippen LogP contribution is 2.38. The van der Waals surface area contributed by atoms with Gasteiger partial charge in [-0.3, -0.25) is 0 Å². The van der Waals surface area contributed by atoms with Gasteiger partial charge in [-0.25, -0.2) is 0 Å². The summed E-state index contributed by atoms with van der Waals surface area (Å²) in [6.07, 6.45) is 4.09. The lowest BCUT2D eigenvalue weighted by Gasteiger charge is -2.40. The quantitative estimate of drug-likeness (QED) is 0.871. The third kappa shape index (κ3) is 2.09. The number of fused-ring (bicyclic) bond motifs is 1. The van der Waals surface area contributed by atoms with E-state index in [2.05, 4.69) is 43.1 Å². The number of benzene rings is 1. The molecule has 0 bridgehead atoms. The second-order valence-electron chi connectivity index (χ2n) is 5.99. The third-order valence-electron chi connectivity index (χ3n) is 4.51. The van der Waals surface area contributed by atoms with Gasteiger partial charge in [-0.05, 0) is 62.3 Å². The second-order valence-corrected chi connectivity index (χ2v) is 5.99. The van der Waals surface area contributed by atoms with E-state index < -0.39 is 0 Å². The summed E-state index contributed by atoms with van der Waals surface area (Å²) in [5.74, 6) is 0.951. The SMILES string of the molecule is CCC1CNc2cc(C)c(C)cc2N1CC1CC1. The number of aryl methyl sites for hydroxylation is 2. The zero-order valence-corrected chi connectivity index (χ0v) is 11.8. The van der Waals surface area contributed by atoms with E-state index in [4.69, 9.17) is 0 Å². The summed E-state index contributed by atoms with van der Waals surface area (Å²) < 4.78 is 0. The average molecular weight is 244 g/mol. The first-order valence-electron chi connectivity index (χ1n) is 7.30. The van der Waals surface area contributed by atoms with E-state index in [0.717, 1.165) is 12.5 Å². The van der Waals surface area contributed by atoms with E-state index in [-0.39, 0.29) is 0 Å². The van der Waals surface area contributed by atoms with Gasteiger partial charge in [-0.1, -0.05) is 6.92 Å². The molecular weight excluding hydrogens is 220 g/mol. The van der Waals surface area contributed by atoms with Gasteiger partial charge in [0.05, 0.1) is 11.4 Å². The lowest BCUT2D eigenvalue weighted by Crippen LogP contribution is -2.44. The molecule has 0 saturated heterocycles. The van der Waals surface area contributed by atoms with Gasteiger partial charge in [-0.15, -0.1) is 0 Å². The average Bonchev–Trinajstić information content (AvgIpc) is 3.16. The van der Waals surface area contributed by atoms with Crippen LogP contribution in [-0.4, -0.2) is 19.1 Å². The Balaban J connectivity index is 1.96. The number of nitrogens with zero attached hydrogens (tertiary/aromatic N) is 1. The van der Waals surface area contributed by atoms with E-state index in [0.29, 0.717) is 6.04 Å². The van der Waals surface area contributed by atoms with Crippen LogP contribution in [0, 0.1) is 19.8 Å². The molecule has 1 aliphatic carbocycles. The van der Waals surface area contributed by atoms with Crippen LogP contribution in [0.1, 0.15) is 37.3 Å². The maximum Gasteiger partial charge on any atom is 0.0608 e. The minimum atomic E-state index is 0.667. The molecule has 0 spiro atoms. The van der Waals surface area contributed by atoms with Crippen LogP contribution >= 0.6 is 0 Å². The molecule has 0 amide bonds. The standard InChI is InChI=1S/C16H24N2/c1-4-14-9-17-15-7-11(2)12(3)8-16(15)18(14)10-13-5-6-13/h7-8,13-14,17H,4-6,9-10H2,1-3H3. The highest BCUT2D eigenvalue weighted by molar-refractivity contribution is 5.75. The van der Waals surface area contributed by atoms with Crippen molar-refractivity contribution in [2.24, 2.45) is 5.92 Å². The molecule has 0 radical (unpaired) electrons. The van der Waals surface area contributed by atoms with E-state index >= 15 is 0 Å². The number of nitrogens with one attached hydrogen (secondary N) is 1. The van der Waals surface area contributed by atoms with Crippen LogP contribution < -0.4 is 10.2 Å². The Morgan fingerprint density at radius 2 is 1.94 bits per heavy atom. The van der Waals surface area contributed by atoms with Gasteiger partial charge in [0, 0.05) is 19.1 Å². The molecule has 1 aliphatic heterocycles. The van der Waals surface area contributed by atoms with Crippen molar-refractivity contribution in [2.75, 3.05) is 23.3 Å². The number of hydrogen-bond acceptors (Lipinski definition) is 2. The van der Waals surface area contributed by atoms with Crippen LogP contribution in [0.4, 0.5) is 11.4 Å². The molecule has 2 heteroatoms. The molecule has 1 aromatic rings. The summed E-state index contributed by atoms with van der Waals surface area (Å²) >= 11 is 0. The predicted molar refractivity (Wildman–Crippen MR) is 78.6 cm³/mol. The Hall–Kier alpha value is -1.18. The van der Waals surface area contributed by atoms with Gasteiger partial charge in [-0.2, -0.15) is 0 Å². The van der Waals surface area contributed by atoms with Crippen molar-refractivity contribution in [1.29, 1.82) is 0 Å².